The number of nitrogens with one attached hydrogen (secondary N) is 1. The fourth-order valence-corrected chi connectivity index (χ4v) is 4.28. The summed E-state index contributed by atoms with van der Waals surface area (Å²) in [6.07, 6.45) is 5.08. The van der Waals surface area contributed by atoms with Crippen molar-refractivity contribution in [1.29, 1.82) is 0 Å². The van der Waals surface area contributed by atoms with Gasteiger partial charge in [-0.25, -0.2) is 11.0 Å². The van der Waals surface area contributed by atoms with Gasteiger partial charge in [-0.2, -0.15) is 5.10 Å². The van der Waals surface area contributed by atoms with Gasteiger partial charge in [0.1, 0.15) is 17.4 Å². The molecule has 2 aliphatic carbocycles. The van der Waals surface area contributed by atoms with Gasteiger partial charge in [0, 0.05) is 11.9 Å². The van der Waals surface area contributed by atoms with Gasteiger partial charge in [-0.3, -0.25) is 9.48 Å². The second-order valence-corrected chi connectivity index (χ2v) is 8.28. The standard InChI is InChI=1S/C20H21ClFN5O2/c1-24-16-9-20(29,11-2-3-11)7-6-17(16)27-10-13(18(23)28)19(26-27)25-12-4-5-14(21)15(22)8-12/h4-5,8,10-11,16-17,29H,2-3,6-7,9H2,(H2,23,28)(H,25,26)/t16-,17-,20+/m0/s1. The molecule has 2 aliphatic rings. The molecular formula is C20H21ClFN5O2. The van der Waals surface area contributed by atoms with Gasteiger partial charge in [0.05, 0.1) is 17.0 Å². The highest BCUT2D eigenvalue weighted by Gasteiger charge is 2.52. The molecule has 4 rings (SSSR count). The second-order valence-electron chi connectivity index (χ2n) is 7.87. The zero-order valence-corrected chi connectivity index (χ0v) is 16.4. The monoisotopic (exact) mass is 417 g/mol. The van der Waals surface area contributed by atoms with E-state index in [2.05, 4.69) is 15.3 Å². The summed E-state index contributed by atoms with van der Waals surface area (Å²) >= 11 is 5.71. The molecule has 2 fully saturated rings. The van der Waals surface area contributed by atoms with Crippen LogP contribution in [0.3, 0.4) is 0 Å². The van der Waals surface area contributed by atoms with Crippen LogP contribution in [0.25, 0.3) is 4.85 Å². The Balaban J connectivity index is 1.61. The average molecular weight is 418 g/mol. The van der Waals surface area contributed by atoms with Gasteiger partial charge in [-0.1, -0.05) is 11.6 Å². The van der Waals surface area contributed by atoms with Gasteiger partial charge in [-0.15, -0.1) is 0 Å². The number of rotatable bonds is 5. The molecular weight excluding hydrogens is 397 g/mol. The van der Waals surface area contributed by atoms with Crippen LogP contribution >= 0.6 is 11.6 Å². The van der Waals surface area contributed by atoms with Crippen LogP contribution in [0, 0.1) is 18.3 Å². The van der Waals surface area contributed by atoms with Crippen molar-refractivity contribution in [1.82, 2.24) is 9.78 Å². The lowest BCUT2D eigenvalue weighted by Crippen LogP contribution is -2.43. The Morgan fingerprint density at radius 3 is 2.83 bits per heavy atom. The van der Waals surface area contributed by atoms with Crippen molar-refractivity contribution >= 4 is 29.0 Å². The van der Waals surface area contributed by atoms with Crippen LogP contribution in [0.5, 0.6) is 0 Å². The van der Waals surface area contributed by atoms with Crippen LogP contribution in [0.15, 0.2) is 24.4 Å². The lowest BCUT2D eigenvalue weighted by Gasteiger charge is -2.36. The summed E-state index contributed by atoms with van der Waals surface area (Å²) in [5.74, 6) is -0.816. The van der Waals surface area contributed by atoms with Gasteiger partial charge >= 0.3 is 0 Å². The predicted molar refractivity (Wildman–Crippen MR) is 106 cm³/mol. The Kier molecular flexibility index (Phi) is 4.97. The Bertz CT molecular complexity index is 999. The minimum Gasteiger partial charge on any atom is -0.389 e. The molecule has 0 aliphatic heterocycles. The van der Waals surface area contributed by atoms with E-state index in [1.165, 1.54) is 18.3 Å². The molecule has 1 aromatic carbocycles. The van der Waals surface area contributed by atoms with Crippen molar-refractivity contribution in [3.05, 3.63) is 52.2 Å². The Labute approximate surface area is 172 Å². The van der Waals surface area contributed by atoms with Gasteiger partial charge in [-0.05, 0) is 49.8 Å². The highest BCUT2D eigenvalue weighted by atomic mass is 35.5. The summed E-state index contributed by atoms with van der Waals surface area (Å²) in [5, 5.41) is 18.2. The first kappa shape index (κ1) is 19.7. The maximum atomic E-state index is 13.7. The lowest BCUT2D eigenvalue weighted by atomic mass is 9.76. The summed E-state index contributed by atoms with van der Waals surface area (Å²) in [5.41, 5.74) is 5.23. The van der Waals surface area contributed by atoms with Crippen LogP contribution in [0.4, 0.5) is 15.9 Å². The quantitative estimate of drug-likeness (QED) is 0.646. The predicted octanol–water partition coefficient (Wildman–Crippen LogP) is 3.67. The zero-order valence-electron chi connectivity index (χ0n) is 15.6. The van der Waals surface area contributed by atoms with Gasteiger partial charge < -0.3 is 21.0 Å². The largest absolute Gasteiger partial charge is 0.389 e. The minimum atomic E-state index is -0.784. The van der Waals surface area contributed by atoms with Gasteiger partial charge in [0.2, 0.25) is 6.04 Å². The first-order valence-corrected chi connectivity index (χ1v) is 9.88. The van der Waals surface area contributed by atoms with Crippen LogP contribution in [-0.2, 0) is 0 Å². The van der Waals surface area contributed by atoms with Crippen molar-refractivity contribution in [2.24, 2.45) is 11.7 Å². The lowest BCUT2D eigenvalue weighted by molar-refractivity contribution is -0.0307. The van der Waals surface area contributed by atoms with E-state index in [0.717, 1.165) is 12.8 Å². The molecule has 29 heavy (non-hydrogen) atoms. The number of nitrogens with zero attached hydrogens (tertiary/aromatic N) is 3. The number of carbonyl (C=O) groups excluding carboxylic acids is 1. The molecule has 1 aromatic heterocycles. The molecule has 3 atom stereocenters. The Morgan fingerprint density at radius 2 is 2.21 bits per heavy atom. The van der Waals surface area contributed by atoms with E-state index in [0.29, 0.717) is 24.9 Å². The molecule has 0 unspecified atom stereocenters. The van der Waals surface area contributed by atoms with Crippen molar-refractivity contribution < 1.29 is 14.3 Å². The van der Waals surface area contributed by atoms with Gasteiger partial charge in [0.25, 0.3) is 5.91 Å². The molecule has 1 amide bonds. The maximum Gasteiger partial charge on any atom is 0.254 e. The normalized spacial score (nSPS) is 26.7. The SMILES string of the molecule is [C-]#[N+][C@H]1C[C@@](O)(C2CC2)CC[C@@H]1n1cc(C(N)=O)c(Nc2ccc(Cl)c(F)c2)n1. The summed E-state index contributed by atoms with van der Waals surface area (Å²) in [6, 6.07) is 3.44. The molecule has 0 saturated heterocycles. The first-order chi connectivity index (χ1) is 13.8. The van der Waals surface area contributed by atoms with E-state index in [4.69, 9.17) is 23.9 Å². The number of aromatic nitrogens is 2. The molecule has 7 nitrogen and oxygen atoms in total. The summed E-state index contributed by atoms with van der Waals surface area (Å²) in [7, 11) is 0. The third kappa shape index (κ3) is 3.80. The van der Waals surface area contributed by atoms with Gasteiger partial charge in [0.15, 0.2) is 5.82 Å². The smallest absolute Gasteiger partial charge is 0.254 e. The first-order valence-electron chi connectivity index (χ1n) is 9.50. The van der Waals surface area contributed by atoms with Crippen LogP contribution in [0.2, 0.25) is 5.02 Å². The maximum absolute atomic E-state index is 13.7. The number of hydrogen-bond donors (Lipinski definition) is 3. The average Bonchev–Trinajstić information content (AvgIpc) is 3.46. The van der Waals surface area contributed by atoms with E-state index >= 15 is 0 Å². The fourth-order valence-electron chi connectivity index (χ4n) is 4.17. The molecule has 2 aromatic rings. The summed E-state index contributed by atoms with van der Waals surface area (Å²) in [4.78, 5) is 15.6. The number of hydrogen-bond acceptors (Lipinski definition) is 4. The topological polar surface area (TPSA) is 97.5 Å². The fraction of sp³-hybridized carbons (Fsp3) is 0.450. The number of halogens is 2. The number of anilines is 2. The molecule has 2 saturated carbocycles. The highest BCUT2D eigenvalue weighted by molar-refractivity contribution is 6.30. The summed E-state index contributed by atoms with van der Waals surface area (Å²) < 4.78 is 15.3. The number of nitrogens with two attached hydrogens (primary N) is 1. The van der Waals surface area contributed by atoms with Crippen LogP contribution in [-0.4, -0.2) is 32.4 Å². The van der Waals surface area contributed by atoms with Crippen LogP contribution < -0.4 is 11.1 Å². The molecule has 0 bridgehead atoms. The molecule has 152 valence electrons. The molecule has 9 heteroatoms. The number of benzene rings is 1. The van der Waals surface area contributed by atoms with Crippen molar-refractivity contribution in [2.75, 3.05) is 5.32 Å². The van der Waals surface area contributed by atoms with E-state index in [1.54, 1.807) is 10.7 Å². The van der Waals surface area contributed by atoms with Crippen molar-refractivity contribution in [2.45, 2.75) is 49.8 Å². The van der Waals surface area contributed by atoms with E-state index in [-0.39, 0.29) is 28.4 Å². The third-order valence-corrected chi connectivity index (χ3v) is 6.21. The molecule has 0 radical (unpaired) electrons. The van der Waals surface area contributed by atoms with Crippen LogP contribution in [0.1, 0.15) is 48.5 Å². The van der Waals surface area contributed by atoms with Crippen molar-refractivity contribution in [3.8, 4) is 0 Å². The number of primary amides is 1. The summed E-state index contributed by atoms with van der Waals surface area (Å²) in [6.45, 7) is 7.59. The highest BCUT2D eigenvalue weighted by Crippen LogP contribution is 2.49. The van der Waals surface area contributed by atoms with E-state index < -0.39 is 23.4 Å². The Morgan fingerprint density at radius 1 is 1.45 bits per heavy atom. The number of aliphatic hydroxyl groups is 1. The molecule has 4 N–H and O–H groups in total. The molecule has 1 heterocycles. The number of carbonyl (C=O) groups is 1. The second kappa shape index (κ2) is 7.32. The van der Waals surface area contributed by atoms with E-state index in [9.17, 15) is 14.3 Å². The molecule has 0 spiro atoms. The van der Waals surface area contributed by atoms with Crippen molar-refractivity contribution in [3.63, 3.8) is 0 Å². The zero-order chi connectivity index (χ0) is 20.8. The minimum absolute atomic E-state index is 0.0125. The third-order valence-electron chi connectivity index (χ3n) is 5.90. The van der Waals surface area contributed by atoms with E-state index in [1.807, 2.05) is 0 Å². The number of amides is 1. The Hall–Kier alpha value is -2.63.